The number of benzene rings is 3. The number of fused-ring (bicyclic) bond motifs is 1. The molecule has 3 aromatic rings. The summed E-state index contributed by atoms with van der Waals surface area (Å²) in [5.41, 5.74) is 1.26. The molecule has 0 saturated carbocycles. The summed E-state index contributed by atoms with van der Waals surface area (Å²) in [6.45, 7) is 1.07. The molecule has 2 aliphatic rings. The summed E-state index contributed by atoms with van der Waals surface area (Å²) in [6, 6.07) is 15.3. The van der Waals surface area contributed by atoms with E-state index in [1.807, 2.05) is 23.1 Å². The average molecular weight is 587 g/mol. The molecular formula is C30H29Cl2FN2O5. The van der Waals surface area contributed by atoms with Crippen LogP contribution in [0.4, 0.5) is 15.8 Å². The Morgan fingerprint density at radius 3 is 2.42 bits per heavy atom. The summed E-state index contributed by atoms with van der Waals surface area (Å²) in [5, 5.41) is 11.3. The average Bonchev–Trinajstić information content (AvgIpc) is 2.95. The molecule has 3 aromatic carbocycles. The molecule has 5 rings (SSSR count). The highest BCUT2D eigenvalue weighted by Crippen LogP contribution is 2.41. The van der Waals surface area contributed by atoms with Crippen molar-refractivity contribution in [2.75, 3.05) is 36.6 Å². The van der Waals surface area contributed by atoms with E-state index >= 15 is 4.39 Å². The lowest BCUT2D eigenvalue weighted by molar-refractivity contribution is -0.152. The van der Waals surface area contributed by atoms with Crippen molar-refractivity contribution in [1.82, 2.24) is 0 Å². The maximum atomic E-state index is 15.2. The number of ether oxygens (including phenoxy) is 2. The predicted octanol–water partition coefficient (Wildman–Crippen LogP) is 6.37. The zero-order chi connectivity index (χ0) is 28.4. The number of aliphatic carboxylic acids is 1. The number of anilines is 2. The fourth-order valence-electron chi connectivity index (χ4n) is 5.38. The van der Waals surface area contributed by atoms with Gasteiger partial charge in [-0.15, -0.1) is 0 Å². The molecule has 0 aromatic heterocycles. The van der Waals surface area contributed by atoms with Crippen LogP contribution in [0.2, 0.25) is 10.0 Å². The molecule has 10 heteroatoms. The first-order chi connectivity index (χ1) is 19.2. The van der Waals surface area contributed by atoms with E-state index in [0.717, 1.165) is 11.3 Å². The van der Waals surface area contributed by atoms with Gasteiger partial charge in [-0.3, -0.25) is 9.59 Å². The second-order valence-corrected chi connectivity index (χ2v) is 11.0. The zero-order valence-corrected chi connectivity index (χ0v) is 23.5. The Kier molecular flexibility index (Phi) is 8.10. The number of methoxy groups -OCH3 is 1. The molecule has 210 valence electrons. The molecule has 1 N–H and O–H groups in total. The first kappa shape index (κ1) is 28.1. The van der Waals surface area contributed by atoms with Gasteiger partial charge >= 0.3 is 5.97 Å². The van der Waals surface area contributed by atoms with Gasteiger partial charge in [0.1, 0.15) is 29.3 Å². The molecule has 2 heterocycles. The minimum absolute atomic E-state index is 0.0744. The number of carboxylic acid groups (broad SMARTS) is 1. The Morgan fingerprint density at radius 1 is 1.05 bits per heavy atom. The highest BCUT2D eigenvalue weighted by molar-refractivity contribution is 6.36. The molecule has 1 saturated heterocycles. The fraction of sp³-hybridized carbons (Fsp3) is 0.333. The van der Waals surface area contributed by atoms with Crippen molar-refractivity contribution < 1.29 is 28.6 Å². The van der Waals surface area contributed by atoms with Gasteiger partial charge in [0, 0.05) is 30.1 Å². The van der Waals surface area contributed by atoms with Gasteiger partial charge < -0.3 is 24.4 Å². The second-order valence-electron chi connectivity index (χ2n) is 10.2. The molecule has 1 amide bonds. The van der Waals surface area contributed by atoms with E-state index in [2.05, 4.69) is 0 Å². The molecule has 0 atom stereocenters. The second kappa shape index (κ2) is 11.6. The molecule has 40 heavy (non-hydrogen) atoms. The minimum Gasteiger partial charge on any atom is -0.497 e. The highest BCUT2D eigenvalue weighted by Gasteiger charge is 2.43. The van der Waals surface area contributed by atoms with E-state index in [1.54, 1.807) is 31.4 Å². The van der Waals surface area contributed by atoms with Crippen molar-refractivity contribution in [2.24, 2.45) is 5.41 Å². The number of carbonyl (C=O) groups is 2. The van der Waals surface area contributed by atoms with Gasteiger partial charge in [-0.1, -0.05) is 35.3 Å². The normalized spacial score (nSPS) is 16.4. The lowest BCUT2D eigenvalue weighted by Crippen LogP contribution is -2.48. The van der Waals surface area contributed by atoms with Crippen molar-refractivity contribution in [3.63, 3.8) is 0 Å². The number of carbonyl (C=O) groups excluding carboxylic acids is 1. The molecule has 0 spiro atoms. The fourth-order valence-corrected chi connectivity index (χ4v) is 5.91. The number of hydrogen-bond acceptors (Lipinski definition) is 5. The number of halogens is 3. The van der Waals surface area contributed by atoms with E-state index in [9.17, 15) is 14.7 Å². The summed E-state index contributed by atoms with van der Waals surface area (Å²) in [7, 11) is 1.57. The van der Waals surface area contributed by atoms with Crippen LogP contribution in [-0.4, -0.2) is 43.8 Å². The molecule has 1 fully saturated rings. The van der Waals surface area contributed by atoms with Gasteiger partial charge in [-0.25, -0.2) is 4.39 Å². The van der Waals surface area contributed by atoms with Crippen LogP contribution >= 0.6 is 23.2 Å². The van der Waals surface area contributed by atoms with Crippen LogP contribution in [0.5, 0.6) is 11.5 Å². The first-order valence-corrected chi connectivity index (χ1v) is 13.8. The van der Waals surface area contributed by atoms with Crippen LogP contribution in [0, 0.1) is 11.2 Å². The zero-order valence-electron chi connectivity index (χ0n) is 22.0. The molecule has 0 bridgehead atoms. The summed E-state index contributed by atoms with van der Waals surface area (Å²) < 4.78 is 26.5. The van der Waals surface area contributed by atoms with E-state index < -0.39 is 17.2 Å². The van der Waals surface area contributed by atoms with Gasteiger partial charge in [0.15, 0.2) is 0 Å². The summed E-state index contributed by atoms with van der Waals surface area (Å²) in [6.07, 6.45) is 1.19. The quantitative estimate of drug-likeness (QED) is 0.330. The van der Waals surface area contributed by atoms with Crippen LogP contribution in [0.1, 0.15) is 30.4 Å². The Morgan fingerprint density at radius 2 is 1.77 bits per heavy atom. The SMILES string of the molecule is COc1ccc(CN2C(=O)CCc3c(OCC4(C(=O)O)CCN(c5ccc(Cl)cc5Cl)CC4)ccc(F)c32)cc1. The number of rotatable bonds is 8. The predicted molar refractivity (Wildman–Crippen MR) is 152 cm³/mol. The lowest BCUT2D eigenvalue weighted by Gasteiger charge is -2.40. The third-order valence-corrected chi connectivity index (χ3v) is 8.32. The largest absolute Gasteiger partial charge is 0.497 e. The number of hydrogen-bond donors (Lipinski definition) is 1. The van der Waals surface area contributed by atoms with Crippen molar-refractivity contribution in [3.05, 3.63) is 81.6 Å². The summed E-state index contributed by atoms with van der Waals surface area (Å²) in [5.74, 6) is -0.570. The van der Waals surface area contributed by atoms with Gasteiger partial charge in [-0.2, -0.15) is 0 Å². The summed E-state index contributed by atoms with van der Waals surface area (Å²) >= 11 is 12.4. The van der Waals surface area contributed by atoms with Crippen LogP contribution in [0.25, 0.3) is 0 Å². The number of carboxylic acids is 1. The van der Waals surface area contributed by atoms with E-state index in [1.165, 1.54) is 17.0 Å². The third kappa shape index (κ3) is 5.56. The molecule has 0 unspecified atom stereocenters. The van der Waals surface area contributed by atoms with Crippen LogP contribution in [0.3, 0.4) is 0 Å². The van der Waals surface area contributed by atoms with Gasteiger partial charge in [0.05, 0.1) is 30.1 Å². The number of amides is 1. The lowest BCUT2D eigenvalue weighted by atomic mass is 9.79. The van der Waals surface area contributed by atoms with Crippen molar-refractivity contribution in [1.29, 1.82) is 0 Å². The third-order valence-electron chi connectivity index (χ3n) is 7.78. The van der Waals surface area contributed by atoms with Gasteiger partial charge in [-0.05, 0) is 67.3 Å². The molecule has 0 aliphatic carbocycles. The Labute approximate surface area is 242 Å². The van der Waals surface area contributed by atoms with Crippen LogP contribution < -0.4 is 19.3 Å². The topological polar surface area (TPSA) is 79.3 Å². The standard InChI is InChI=1S/C30H29Cl2FN2O5/c1-39-21-5-2-19(3-6-21)17-35-27(36)11-7-22-26(10-8-24(33)28(22)35)40-18-30(29(37)38)12-14-34(15-13-30)25-9-4-20(31)16-23(25)32/h2-6,8-10,16H,7,11-15,17-18H2,1H3,(H,37,38). The Balaban J connectivity index is 1.34. The monoisotopic (exact) mass is 586 g/mol. The molecule has 2 aliphatic heterocycles. The van der Waals surface area contributed by atoms with E-state index in [0.29, 0.717) is 59.5 Å². The Bertz CT molecular complexity index is 1420. The summed E-state index contributed by atoms with van der Waals surface area (Å²) in [4.78, 5) is 28.8. The Hall–Kier alpha value is -3.49. The van der Waals surface area contributed by atoms with Crippen LogP contribution in [0.15, 0.2) is 54.6 Å². The number of nitrogens with zero attached hydrogens (tertiary/aromatic N) is 2. The van der Waals surface area contributed by atoms with Crippen molar-refractivity contribution in [3.8, 4) is 11.5 Å². The molecule has 0 radical (unpaired) electrons. The van der Waals surface area contributed by atoms with E-state index in [-0.39, 0.29) is 31.2 Å². The molecule has 7 nitrogen and oxygen atoms in total. The number of piperidine rings is 1. The van der Waals surface area contributed by atoms with E-state index in [4.69, 9.17) is 32.7 Å². The minimum atomic E-state index is -1.12. The van der Waals surface area contributed by atoms with Gasteiger partial charge in [0.2, 0.25) is 5.91 Å². The van der Waals surface area contributed by atoms with Crippen molar-refractivity contribution in [2.45, 2.75) is 32.2 Å². The van der Waals surface area contributed by atoms with Crippen LogP contribution in [-0.2, 0) is 22.6 Å². The first-order valence-electron chi connectivity index (χ1n) is 13.0. The smallest absolute Gasteiger partial charge is 0.313 e. The maximum Gasteiger partial charge on any atom is 0.313 e. The maximum absolute atomic E-state index is 15.2. The van der Waals surface area contributed by atoms with Gasteiger partial charge in [0.25, 0.3) is 0 Å². The van der Waals surface area contributed by atoms with Crippen molar-refractivity contribution >= 4 is 46.5 Å². The highest BCUT2D eigenvalue weighted by atomic mass is 35.5. The molecular weight excluding hydrogens is 558 g/mol.